The zero-order valence-corrected chi connectivity index (χ0v) is 58.0. The minimum absolute atomic E-state index is 0.000226. The lowest BCUT2D eigenvalue weighted by Gasteiger charge is -2.27. The van der Waals surface area contributed by atoms with Gasteiger partial charge < -0.3 is 122 Å². The molecule has 0 aromatic rings. The number of ketones is 4. The highest BCUT2D eigenvalue weighted by Gasteiger charge is 2.35. The number of nitrogens with zero attached hydrogens (tertiary/aromatic N) is 7. The standard InChI is InChI=1S/C59H113N27O12S/c1-35(87)83-40(13-5-21-79-56(67)68)44(88)30-36(10-2-18-76-53(61)62)50(94)84-41(14-6-22-80-57(69)70)45(89)31-37(11-3-19-77-54(63)64)51(95)85-42(15-7-23-81-58(71)72)46(90)32-38(12-4-20-78-55(65)66)52(96)86-43(16-8-24-82-59(73)74)47(91)33-39(34-99)49(93)75-25-27-98-29-28-97-26-9-17-48(60)92/h36-43,99H,2-34H2,1H3,(H2,60,92)(H,75,93)(H,83,87)(H,84,94)(H,85,95)(H,86,96)(H4,61,62,76)(H4,63,64,77)(H4,65,66,78)(H4,67,68,79)(H4,69,70,80)(H4,71,72,81)(H4,73,74,82)/t36-,37-,38-,39+,40+,41+,42+,43+/m0/s1. The van der Waals surface area contributed by atoms with Crippen molar-refractivity contribution in [1.29, 1.82) is 0 Å². The van der Waals surface area contributed by atoms with Crippen molar-refractivity contribution in [3.05, 3.63) is 0 Å². The van der Waals surface area contributed by atoms with Gasteiger partial charge in [-0.2, -0.15) is 12.6 Å². The van der Waals surface area contributed by atoms with Crippen molar-refractivity contribution in [3.63, 3.8) is 0 Å². The van der Waals surface area contributed by atoms with Gasteiger partial charge in [-0.15, -0.1) is 0 Å². The molecule has 0 aromatic carbocycles. The molecule has 0 aromatic heterocycles. The molecule has 6 amide bonds. The van der Waals surface area contributed by atoms with Crippen molar-refractivity contribution in [1.82, 2.24) is 26.6 Å². The van der Waals surface area contributed by atoms with E-state index in [2.05, 4.69) is 74.2 Å². The van der Waals surface area contributed by atoms with Gasteiger partial charge in [0, 0.05) is 121 Å². The van der Waals surface area contributed by atoms with Crippen LogP contribution >= 0.6 is 12.6 Å². The summed E-state index contributed by atoms with van der Waals surface area (Å²) in [4.78, 5) is 167. The Hall–Kier alpha value is -9.34. The van der Waals surface area contributed by atoms with E-state index >= 15 is 0 Å². The van der Waals surface area contributed by atoms with Gasteiger partial charge in [0.25, 0.3) is 0 Å². The van der Waals surface area contributed by atoms with Crippen molar-refractivity contribution < 1.29 is 57.4 Å². The summed E-state index contributed by atoms with van der Waals surface area (Å²) in [6.45, 7) is 2.52. The lowest BCUT2D eigenvalue weighted by molar-refractivity contribution is -0.136. The smallest absolute Gasteiger partial charge is 0.224 e. The Morgan fingerprint density at radius 2 is 0.596 bits per heavy atom. The molecular weight excluding hydrogens is 1310 g/mol. The number of thiol groups is 1. The van der Waals surface area contributed by atoms with Crippen LogP contribution in [0.2, 0.25) is 0 Å². The molecule has 0 aliphatic carbocycles. The molecule has 0 aliphatic rings. The van der Waals surface area contributed by atoms with E-state index < -0.39 is 126 Å². The number of aliphatic imine (C=N–C) groups is 7. The fourth-order valence-corrected chi connectivity index (χ4v) is 10.1. The number of guanidine groups is 7. The molecule has 0 rings (SSSR count). The van der Waals surface area contributed by atoms with Gasteiger partial charge in [-0.1, -0.05) is 0 Å². The van der Waals surface area contributed by atoms with Crippen LogP contribution in [0.25, 0.3) is 0 Å². The molecule has 99 heavy (non-hydrogen) atoms. The molecule has 562 valence electrons. The monoisotopic (exact) mass is 1420 g/mol. The highest BCUT2D eigenvalue weighted by molar-refractivity contribution is 7.80. The fraction of sp³-hybridized carbons (Fsp3) is 0.712. The Labute approximate surface area is 583 Å². The third-order valence-corrected chi connectivity index (χ3v) is 15.2. The van der Waals surface area contributed by atoms with Crippen LogP contribution in [0.3, 0.4) is 0 Å². The molecule has 35 N–H and O–H groups in total. The van der Waals surface area contributed by atoms with Gasteiger partial charge in [0.2, 0.25) is 35.4 Å². The number of ether oxygens (including phenoxy) is 2. The predicted octanol–water partition coefficient (Wildman–Crippen LogP) is -7.03. The second-order valence-corrected chi connectivity index (χ2v) is 23.7. The number of amides is 6. The van der Waals surface area contributed by atoms with E-state index in [-0.39, 0.29) is 222 Å². The van der Waals surface area contributed by atoms with Gasteiger partial charge in [-0.3, -0.25) is 82.9 Å². The number of hydrogen-bond acceptors (Lipinski definition) is 20. The molecule has 8 atom stereocenters. The number of Topliss-reactive ketones (excluding diaryl/α,β-unsaturated/α-hetero) is 4. The van der Waals surface area contributed by atoms with Crippen LogP contribution in [-0.2, 0) is 57.4 Å². The molecule has 0 aliphatic heterocycles. The molecule has 0 fully saturated rings. The second-order valence-electron chi connectivity index (χ2n) is 23.3. The van der Waals surface area contributed by atoms with E-state index in [1.165, 1.54) is 6.92 Å². The van der Waals surface area contributed by atoms with Crippen molar-refractivity contribution in [2.24, 2.45) is 145 Å². The first kappa shape index (κ1) is 89.7. The summed E-state index contributed by atoms with van der Waals surface area (Å²) >= 11 is 4.35. The summed E-state index contributed by atoms with van der Waals surface area (Å²) in [7, 11) is 0. The van der Waals surface area contributed by atoms with Crippen molar-refractivity contribution in [2.45, 2.75) is 160 Å². The van der Waals surface area contributed by atoms with Crippen LogP contribution in [0.5, 0.6) is 0 Å². The van der Waals surface area contributed by atoms with E-state index in [1.807, 2.05) is 0 Å². The van der Waals surface area contributed by atoms with Gasteiger partial charge in [0.1, 0.15) is 0 Å². The quantitative estimate of drug-likeness (QED) is 0.0116. The third kappa shape index (κ3) is 47.3. The lowest BCUT2D eigenvalue weighted by atomic mass is 9.88. The van der Waals surface area contributed by atoms with Gasteiger partial charge in [-0.05, 0) is 96.3 Å². The van der Waals surface area contributed by atoms with Crippen molar-refractivity contribution >= 4 is 113 Å². The first-order valence-corrected chi connectivity index (χ1v) is 33.5. The van der Waals surface area contributed by atoms with Crippen molar-refractivity contribution in [2.75, 3.05) is 84.5 Å². The molecule has 0 unspecified atom stereocenters. The number of carbonyl (C=O) groups is 10. The molecule has 0 saturated heterocycles. The zero-order chi connectivity index (χ0) is 74.7. The SMILES string of the molecule is CC(=O)N[C@H](CCCN=C(N)N)C(=O)C[C@H](CCCN=C(N)N)C(=O)N[C@H](CCCN=C(N)N)C(=O)C[C@H](CCCN=C(N)N)C(=O)N[C@H](CCCN=C(N)N)C(=O)C[C@H](CCCN=C(N)N)C(=O)N[C@H](CCCN=C(N)N)C(=O)C[C@H](CS)C(=O)NCCOCCOCCCC(N)=O. The second kappa shape index (κ2) is 53.7. The maximum atomic E-state index is 14.9. The molecule has 40 heteroatoms. The predicted molar refractivity (Wildman–Crippen MR) is 382 cm³/mol. The summed E-state index contributed by atoms with van der Waals surface area (Å²) in [5, 5.41) is 13.7. The number of rotatable bonds is 59. The van der Waals surface area contributed by atoms with E-state index in [0.717, 1.165) is 0 Å². The Kier molecular flexibility index (Phi) is 48.6. The summed E-state index contributed by atoms with van der Waals surface area (Å²) in [6, 6.07) is -4.96. The molecule has 0 heterocycles. The molecule has 0 saturated carbocycles. The average Bonchev–Trinajstić information content (AvgIpc) is 0.936. The van der Waals surface area contributed by atoms with Crippen LogP contribution < -0.4 is 113 Å². The first-order chi connectivity index (χ1) is 46.9. The van der Waals surface area contributed by atoms with Crippen LogP contribution in [0.1, 0.15) is 135 Å². The largest absolute Gasteiger partial charge is 0.379 e. The van der Waals surface area contributed by atoms with Crippen molar-refractivity contribution in [3.8, 4) is 0 Å². The highest BCUT2D eigenvalue weighted by atomic mass is 32.1. The topological polar surface area (TPSA) is 726 Å². The third-order valence-electron chi connectivity index (χ3n) is 14.8. The first-order valence-electron chi connectivity index (χ1n) is 32.9. The summed E-state index contributed by atoms with van der Waals surface area (Å²) in [5.41, 5.74) is 83.3. The normalized spacial score (nSPS) is 13.2. The Morgan fingerprint density at radius 3 is 0.859 bits per heavy atom. The zero-order valence-electron chi connectivity index (χ0n) is 57.1. The highest BCUT2D eigenvalue weighted by Crippen LogP contribution is 2.23. The van der Waals surface area contributed by atoms with Gasteiger partial charge in [-0.25, -0.2) is 0 Å². The minimum Gasteiger partial charge on any atom is -0.379 e. The maximum absolute atomic E-state index is 14.9. The minimum atomic E-state index is -1.36. The number of hydrogen-bond donors (Lipinski definition) is 21. The maximum Gasteiger partial charge on any atom is 0.224 e. The number of nitrogens with one attached hydrogen (secondary N) is 5. The molecule has 0 spiro atoms. The average molecular weight is 1420 g/mol. The fourth-order valence-electron chi connectivity index (χ4n) is 9.84. The number of primary amides is 1. The summed E-state index contributed by atoms with van der Waals surface area (Å²) in [6.07, 6.45) is -0.0615. The van der Waals surface area contributed by atoms with Gasteiger partial charge >= 0.3 is 0 Å². The lowest BCUT2D eigenvalue weighted by Crippen LogP contribution is -2.49. The number of carbonyl (C=O) groups excluding carboxylic acids is 10. The molecule has 0 bridgehead atoms. The van der Waals surface area contributed by atoms with Crippen LogP contribution in [0.15, 0.2) is 34.9 Å². The van der Waals surface area contributed by atoms with E-state index in [1.54, 1.807) is 0 Å². The van der Waals surface area contributed by atoms with Crippen LogP contribution in [-0.4, -0.2) is 209 Å². The Morgan fingerprint density at radius 1 is 0.333 bits per heavy atom. The van der Waals surface area contributed by atoms with Crippen LogP contribution in [0.4, 0.5) is 0 Å². The molecule has 0 radical (unpaired) electrons. The van der Waals surface area contributed by atoms with E-state index in [9.17, 15) is 47.9 Å². The van der Waals surface area contributed by atoms with Crippen LogP contribution in [0, 0.1) is 23.7 Å². The Balaban J connectivity index is 7.43. The molecule has 39 nitrogen and oxygen atoms in total. The Bertz CT molecular complexity index is 2720. The van der Waals surface area contributed by atoms with Gasteiger partial charge in [0.15, 0.2) is 64.8 Å². The number of nitrogens with two attached hydrogens (primary N) is 15. The summed E-state index contributed by atoms with van der Waals surface area (Å²) in [5.74, 6) is -12.2. The van der Waals surface area contributed by atoms with E-state index in [0.29, 0.717) is 13.0 Å². The van der Waals surface area contributed by atoms with Gasteiger partial charge in [0.05, 0.1) is 49.9 Å². The summed E-state index contributed by atoms with van der Waals surface area (Å²) < 4.78 is 10.9. The van der Waals surface area contributed by atoms with E-state index in [4.69, 9.17) is 95.5 Å². The molecular formula is C59H113N27O12S.